The molecule has 3 aromatic rings. The van der Waals surface area contributed by atoms with Crippen LogP contribution in [0.1, 0.15) is 30.0 Å². The quantitative estimate of drug-likeness (QED) is 0.390. The molecule has 1 unspecified atom stereocenters. The van der Waals surface area contributed by atoms with Gasteiger partial charge in [0.15, 0.2) is 0 Å². The number of carboxylic acid groups (broad SMARTS) is 1. The first-order chi connectivity index (χ1) is 16.6. The Hall–Kier alpha value is -3.35. The highest BCUT2D eigenvalue weighted by molar-refractivity contribution is 8.00. The molecule has 1 amide bonds. The van der Waals surface area contributed by atoms with Crippen molar-refractivity contribution >= 4 is 23.6 Å². The van der Waals surface area contributed by atoms with Crippen LogP contribution in [0, 0.1) is 0 Å². The first-order valence-electron chi connectivity index (χ1n) is 11.4. The van der Waals surface area contributed by atoms with E-state index < -0.39 is 17.6 Å². The predicted octanol–water partition coefficient (Wildman–Crippen LogP) is 4.60. The summed E-state index contributed by atoms with van der Waals surface area (Å²) < 4.78 is 0. The van der Waals surface area contributed by atoms with Crippen molar-refractivity contribution in [2.24, 2.45) is 0 Å². The van der Waals surface area contributed by atoms with Crippen LogP contribution >= 0.6 is 11.8 Å². The molecule has 0 saturated carbocycles. The van der Waals surface area contributed by atoms with E-state index >= 15 is 0 Å². The number of carboxylic acids is 1. The first-order valence-corrected chi connectivity index (χ1v) is 12.5. The smallest absolute Gasteiger partial charge is 0.352 e. The SMILES string of the molecule is CCC1=C(C(=O)O)N2C(=O)C(NC(c3ccccc3)(c3ccccc3)c3ccccc3)[C@H]2SC1. The van der Waals surface area contributed by atoms with Crippen molar-refractivity contribution < 1.29 is 14.7 Å². The molecule has 2 aliphatic rings. The fourth-order valence-corrected chi connectivity index (χ4v) is 6.45. The summed E-state index contributed by atoms with van der Waals surface area (Å²) in [6.45, 7) is 1.93. The molecule has 5 rings (SSSR count). The highest BCUT2D eigenvalue weighted by Gasteiger charge is 2.56. The molecular formula is C28H26N2O3S. The second kappa shape index (κ2) is 9.12. The van der Waals surface area contributed by atoms with E-state index in [-0.39, 0.29) is 17.0 Å². The molecule has 0 spiro atoms. The van der Waals surface area contributed by atoms with Gasteiger partial charge in [-0.15, -0.1) is 11.8 Å². The van der Waals surface area contributed by atoms with Gasteiger partial charge in [-0.25, -0.2) is 4.79 Å². The number of rotatable bonds is 7. The number of nitrogens with zero attached hydrogens (tertiary/aromatic N) is 1. The van der Waals surface area contributed by atoms with Crippen molar-refractivity contribution in [3.8, 4) is 0 Å². The predicted molar refractivity (Wildman–Crippen MR) is 134 cm³/mol. The van der Waals surface area contributed by atoms with Crippen LogP contribution in [0.5, 0.6) is 0 Å². The van der Waals surface area contributed by atoms with Crippen molar-refractivity contribution in [2.45, 2.75) is 30.3 Å². The molecular weight excluding hydrogens is 444 g/mol. The Morgan fingerprint density at radius 1 is 0.941 bits per heavy atom. The molecule has 0 bridgehead atoms. The maximum Gasteiger partial charge on any atom is 0.352 e. The molecule has 34 heavy (non-hydrogen) atoms. The minimum absolute atomic E-state index is 0.152. The fourth-order valence-electron chi connectivity index (χ4n) is 5.00. The van der Waals surface area contributed by atoms with Crippen LogP contribution in [0.3, 0.4) is 0 Å². The maximum atomic E-state index is 13.5. The Kier molecular flexibility index (Phi) is 6.02. The zero-order valence-corrected chi connectivity index (χ0v) is 19.7. The van der Waals surface area contributed by atoms with E-state index in [1.807, 2.05) is 61.5 Å². The van der Waals surface area contributed by atoms with Crippen LogP contribution in [-0.2, 0) is 15.1 Å². The van der Waals surface area contributed by atoms with Gasteiger partial charge in [-0.2, -0.15) is 0 Å². The average molecular weight is 471 g/mol. The van der Waals surface area contributed by atoms with Crippen LogP contribution < -0.4 is 5.32 Å². The van der Waals surface area contributed by atoms with E-state index in [4.69, 9.17) is 0 Å². The molecule has 2 atom stereocenters. The highest BCUT2D eigenvalue weighted by Crippen LogP contribution is 2.45. The number of carbonyl (C=O) groups is 2. The molecule has 0 aliphatic carbocycles. The van der Waals surface area contributed by atoms with Gasteiger partial charge in [-0.3, -0.25) is 15.0 Å². The van der Waals surface area contributed by atoms with Crippen molar-refractivity contribution in [3.63, 3.8) is 0 Å². The topological polar surface area (TPSA) is 69.6 Å². The van der Waals surface area contributed by atoms with Gasteiger partial charge < -0.3 is 5.11 Å². The summed E-state index contributed by atoms with van der Waals surface area (Å²) in [7, 11) is 0. The number of hydrogen-bond acceptors (Lipinski definition) is 4. The van der Waals surface area contributed by atoms with Gasteiger partial charge in [0.25, 0.3) is 0 Å². The third-order valence-electron chi connectivity index (χ3n) is 6.67. The fraction of sp³-hybridized carbons (Fsp3) is 0.214. The summed E-state index contributed by atoms with van der Waals surface area (Å²) in [4.78, 5) is 27.0. The third kappa shape index (κ3) is 3.54. The van der Waals surface area contributed by atoms with Gasteiger partial charge in [0.05, 0.1) is 5.54 Å². The Bertz CT molecular complexity index is 1130. The van der Waals surface area contributed by atoms with E-state index in [2.05, 4.69) is 41.7 Å². The lowest BCUT2D eigenvalue weighted by Gasteiger charge is -2.53. The van der Waals surface area contributed by atoms with Crippen LogP contribution in [0.15, 0.2) is 102 Å². The van der Waals surface area contributed by atoms with E-state index in [0.717, 1.165) is 22.3 Å². The van der Waals surface area contributed by atoms with Gasteiger partial charge in [-0.05, 0) is 28.7 Å². The van der Waals surface area contributed by atoms with E-state index in [0.29, 0.717) is 12.2 Å². The Morgan fingerprint density at radius 3 is 1.82 bits per heavy atom. The number of hydrogen-bond donors (Lipinski definition) is 2. The van der Waals surface area contributed by atoms with E-state index in [1.54, 1.807) is 11.8 Å². The molecule has 2 N–H and O–H groups in total. The lowest BCUT2D eigenvalue weighted by molar-refractivity contribution is -0.149. The number of amides is 1. The normalized spacial score (nSPS) is 20.0. The Balaban J connectivity index is 1.63. The molecule has 2 aliphatic heterocycles. The minimum Gasteiger partial charge on any atom is -0.477 e. The molecule has 0 aromatic heterocycles. The van der Waals surface area contributed by atoms with Crippen molar-refractivity contribution in [3.05, 3.63) is 119 Å². The molecule has 2 heterocycles. The summed E-state index contributed by atoms with van der Waals surface area (Å²) in [6.07, 6.45) is 0.616. The van der Waals surface area contributed by atoms with Gasteiger partial charge in [-0.1, -0.05) is 97.9 Å². The number of fused-ring (bicyclic) bond motifs is 1. The molecule has 0 radical (unpaired) electrons. The molecule has 172 valence electrons. The number of aliphatic carboxylic acids is 1. The van der Waals surface area contributed by atoms with E-state index in [1.165, 1.54) is 4.90 Å². The van der Waals surface area contributed by atoms with Crippen molar-refractivity contribution in [1.29, 1.82) is 0 Å². The number of benzene rings is 3. The summed E-state index contributed by atoms with van der Waals surface area (Å²) in [5.74, 6) is -0.623. The van der Waals surface area contributed by atoms with Crippen LogP contribution in [0.4, 0.5) is 0 Å². The molecule has 3 aromatic carbocycles. The monoisotopic (exact) mass is 470 g/mol. The third-order valence-corrected chi connectivity index (χ3v) is 8.01. The number of nitrogens with one attached hydrogen (secondary N) is 1. The molecule has 1 fully saturated rings. The number of β-lactam (4-membered cyclic amide) rings is 1. The molecule has 5 nitrogen and oxygen atoms in total. The van der Waals surface area contributed by atoms with Crippen molar-refractivity contribution in [2.75, 3.05) is 5.75 Å². The Labute approximate surface area is 203 Å². The highest BCUT2D eigenvalue weighted by atomic mass is 32.2. The first kappa shape index (κ1) is 22.4. The summed E-state index contributed by atoms with van der Waals surface area (Å²) in [5, 5.41) is 13.3. The largest absolute Gasteiger partial charge is 0.477 e. The molecule has 6 heteroatoms. The van der Waals surface area contributed by atoms with Gasteiger partial charge in [0.1, 0.15) is 17.1 Å². The van der Waals surface area contributed by atoms with Gasteiger partial charge >= 0.3 is 5.97 Å². The van der Waals surface area contributed by atoms with Crippen molar-refractivity contribution in [1.82, 2.24) is 10.2 Å². The second-order valence-electron chi connectivity index (χ2n) is 8.49. The number of thioether (sulfide) groups is 1. The zero-order valence-electron chi connectivity index (χ0n) is 18.8. The summed E-state index contributed by atoms with van der Waals surface area (Å²) >= 11 is 1.63. The Morgan fingerprint density at radius 2 is 1.41 bits per heavy atom. The average Bonchev–Trinajstić information content (AvgIpc) is 2.90. The summed E-state index contributed by atoms with van der Waals surface area (Å²) in [5.41, 5.74) is 3.22. The van der Waals surface area contributed by atoms with Crippen LogP contribution in [0.2, 0.25) is 0 Å². The lowest BCUT2D eigenvalue weighted by Crippen LogP contribution is -2.72. The van der Waals surface area contributed by atoms with Crippen LogP contribution in [-0.4, -0.2) is 39.1 Å². The molecule has 1 saturated heterocycles. The lowest BCUT2D eigenvalue weighted by atomic mass is 9.76. The van der Waals surface area contributed by atoms with Gasteiger partial charge in [0, 0.05) is 5.75 Å². The summed E-state index contributed by atoms with van der Waals surface area (Å²) in [6, 6.07) is 29.8. The van der Waals surface area contributed by atoms with Gasteiger partial charge in [0.2, 0.25) is 5.91 Å². The maximum absolute atomic E-state index is 13.5. The van der Waals surface area contributed by atoms with E-state index in [9.17, 15) is 14.7 Å². The standard InChI is InChI=1S/C28H26N2O3S/c1-2-19-18-34-26-23(25(31)30(26)24(19)27(32)33)29-28(20-12-6-3-7-13-20,21-14-8-4-9-15-21)22-16-10-5-11-17-22/h3-17,23,26,29H,2,18H2,1H3,(H,32,33)/t23?,26-/m1/s1. The zero-order chi connectivity index (χ0) is 23.7. The van der Waals surface area contributed by atoms with Crippen LogP contribution in [0.25, 0.3) is 0 Å². The number of carbonyl (C=O) groups excluding carboxylic acids is 1. The second-order valence-corrected chi connectivity index (χ2v) is 9.60. The minimum atomic E-state index is -1.03.